The Labute approximate surface area is 203 Å². The number of carbonyl (C=O) groups is 1. The molecule has 0 spiro atoms. The van der Waals surface area contributed by atoms with Crippen molar-refractivity contribution in [2.24, 2.45) is 0 Å². The first kappa shape index (κ1) is 22.5. The third-order valence-electron chi connectivity index (χ3n) is 6.22. The number of ether oxygens (including phenoxy) is 2. The van der Waals surface area contributed by atoms with Crippen LogP contribution in [-0.2, 0) is 11.3 Å². The molecule has 1 aliphatic carbocycles. The lowest BCUT2D eigenvalue weighted by Crippen LogP contribution is -2.17. The number of fused-ring (bicyclic) bond motifs is 1. The van der Waals surface area contributed by atoms with Crippen molar-refractivity contribution in [1.29, 1.82) is 0 Å². The molecule has 1 N–H and O–H groups in total. The number of benzene rings is 2. The molecule has 2 heterocycles. The van der Waals surface area contributed by atoms with Crippen LogP contribution in [0.5, 0.6) is 5.75 Å². The van der Waals surface area contributed by atoms with E-state index in [-0.39, 0.29) is 5.97 Å². The Hall–Kier alpha value is -3.32. The minimum absolute atomic E-state index is 0.292. The Morgan fingerprint density at radius 2 is 1.94 bits per heavy atom. The molecule has 34 heavy (non-hydrogen) atoms. The molecule has 0 aliphatic heterocycles. The van der Waals surface area contributed by atoms with Gasteiger partial charge in [0.25, 0.3) is 0 Å². The molecule has 2 aromatic heterocycles. The number of carbonyl (C=O) groups excluding carboxylic acids is 1. The van der Waals surface area contributed by atoms with Crippen molar-refractivity contribution < 1.29 is 14.3 Å². The van der Waals surface area contributed by atoms with Crippen molar-refractivity contribution in [3.63, 3.8) is 0 Å². The van der Waals surface area contributed by atoms with Crippen molar-refractivity contribution in [2.45, 2.75) is 52.2 Å². The lowest BCUT2D eigenvalue weighted by Gasteiger charge is -2.15. The summed E-state index contributed by atoms with van der Waals surface area (Å²) in [6.07, 6.45) is 4.74. The first-order valence-corrected chi connectivity index (χ1v) is 12.7. The van der Waals surface area contributed by atoms with Gasteiger partial charge in [0, 0.05) is 17.3 Å². The highest BCUT2D eigenvalue weighted by molar-refractivity contribution is 7.19. The molecule has 0 radical (unpaired) electrons. The van der Waals surface area contributed by atoms with Gasteiger partial charge in [0.1, 0.15) is 28.7 Å². The highest BCUT2D eigenvalue weighted by Gasteiger charge is 2.26. The number of rotatable bonds is 8. The van der Waals surface area contributed by atoms with Gasteiger partial charge in [0.05, 0.1) is 6.61 Å². The molecular weight excluding hydrogens is 446 g/mol. The quantitative estimate of drug-likeness (QED) is 0.295. The molecule has 1 aliphatic rings. The van der Waals surface area contributed by atoms with E-state index in [1.807, 2.05) is 50.2 Å². The molecule has 1 fully saturated rings. The van der Waals surface area contributed by atoms with Crippen LogP contribution in [0.25, 0.3) is 16.2 Å². The van der Waals surface area contributed by atoms with Crippen molar-refractivity contribution in [3.05, 3.63) is 70.7 Å². The Kier molecular flexibility index (Phi) is 6.54. The Morgan fingerprint density at radius 1 is 1.15 bits per heavy atom. The predicted octanol–water partition coefficient (Wildman–Crippen LogP) is 6.48. The third-order valence-corrected chi connectivity index (χ3v) is 7.34. The number of anilines is 1. The maximum absolute atomic E-state index is 12.5. The Bertz CT molecular complexity index is 1290. The summed E-state index contributed by atoms with van der Waals surface area (Å²) in [5, 5.41) is 3.75. The van der Waals surface area contributed by atoms with E-state index in [0.29, 0.717) is 24.1 Å². The Balaban J connectivity index is 1.51. The number of hydrogen-bond acceptors (Lipinski definition) is 6. The number of nitrogens with zero attached hydrogens (tertiary/aromatic N) is 2. The number of thiazole rings is 1. The summed E-state index contributed by atoms with van der Waals surface area (Å²) in [6.45, 7) is 4.65. The summed E-state index contributed by atoms with van der Waals surface area (Å²) in [7, 11) is 0. The third kappa shape index (κ3) is 4.53. The number of aryl methyl sites for hydroxylation is 1. The number of hydrogen-bond donors (Lipinski definition) is 1. The minimum Gasteiger partial charge on any atom is -0.489 e. The van der Waals surface area contributed by atoms with Gasteiger partial charge in [-0.15, -0.1) is 0 Å². The van der Waals surface area contributed by atoms with E-state index >= 15 is 0 Å². The first-order valence-electron chi connectivity index (χ1n) is 11.9. The van der Waals surface area contributed by atoms with E-state index < -0.39 is 0 Å². The molecular formula is C27H29N3O3S. The van der Waals surface area contributed by atoms with Gasteiger partial charge in [-0.2, -0.15) is 0 Å². The van der Waals surface area contributed by atoms with Gasteiger partial charge in [-0.25, -0.2) is 9.78 Å². The Morgan fingerprint density at radius 3 is 2.71 bits per heavy atom. The topological polar surface area (TPSA) is 64.9 Å². The molecule has 0 amide bonds. The molecule has 4 aromatic rings. The molecule has 0 bridgehead atoms. The average molecular weight is 476 g/mol. The average Bonchev–Trinajstić information content (AvgIpc) is 3.57. The zero-order valence-electron chi connectivity index (χ0n) is 19.5. The second-order valence-corrected chi connectivity index (χ2v) is 9.57. The second kappa shape index (κ2) is 9.89. The summed E-state index contributed by atoms with van der Waals surface area (Å²) >= 11 is 1.38. The number of nitrogens with one attached hydrogen (secondary N) is 1. The monoisotopic (exact) mass is 475 g/mol. The fourth-order valence-corrected chi connectivity index (χ4v) is 5.52. The lowest BCUT2D eigenvalue weighted by atomic mass is 10.1. The zero-order chi connectivity index (χ0) is 23.5. The van der Waals surface area contributed by atoms with Gasteiger partial charge in [-0.3, -0.25) is 4.40 Å². The van der Waals surface area contributed by atoms with Crippen LogP contribution in [0.1, 0.15) is 53.5 Å². The number of imidazole rings is 1. The van der Waals surface area contributed by atoms with E-state index in [2.05, 4.69) is 27.9 Å². The van der Waals surface area contributed by atoms with Crippen LogP contribution in [0.4, 0.5) is 5.82 Å². The van der Waals surface area contributed by atoms with Crippen molar-refractivity contribution in [3.8, 4) is 17.0 Å². The summed E-state index contributed by atoms with van der Waals surface area (Å²) in [6, 6.07) is 18.6. The van der Waals surface area contributed by atoms with Gasteiger partial charge in [0.15, 0.2) is 4.96 Å². The first-order chi connectivity index (χ1) is 16.6. The molecule has 176 valence electrons. The normalized spacial score (nSPS) is 13.9. The SMILES string of the molecule is CCOC(=O)c1sc2nc(-c3cccc(OCc4ccccc4)c3)c(NC3CCCC3)n2c1C. The van der Waals surface area contributed by atoms with Crippen LogP contribution in [0.2, 0.25) is 0 Å². The van der Waals surface area contributed by atoms with Crippen LogP contribution in [-0.4, -0.2) is 28.0 Å². The van der Waals surface area contributed by atoms with Crippen molar-refractivity contribution in [1.82, 2.24) is 9.38 Å². The van der Waals surface area contributed by atoms with Gasteiger partial charge in [-0.05, 0) is 44.4 Å². The van der Waals surface area contributed by atoms with Crippen molar-refractivity contribution >= 4 is 28.1 Å². The molecule has 5 rings (SSSR count). The largest absolute Gasteiger partial charge is 0.489 e. The minimum atomic E-state index is -0.292. The predicted molar refractivity (Wildman–Crippen MR) is 136 cm³/mol. The van der Waals surface area contributed by atoms with Gasteiger partial charge < -0.3 is 14.8 Å². The van der Waals surface area contributed by atoms with Crippen LogP contribution >= 0.6 is 11.3 Å². The molecule has 0 unspecified atom stereocenters. The van der Waals surface area contributed by atoms with E-state index in [0.717, 1.165) is 51.9 Å². The maximum Gasteiger partial charge on any atom is 0.350 e. The summed E-state index contributed by atoms with van der Waals surface area (Å²) in [5.74, 6) is 1.44. The standard InChI is InChI=1S/C27H29N3O3S/c1-3-32-26(31)24-18(2)30-25(28-21-13-7-8-14-21)23(29-27(30)34-24)20-12-9-15-22(16-20)33-17-19-10-5-4-6-11-19/h4-6,9-12,15-16,21,28H,3,7-8,13-14,17H2,1-2H3. The van der Waals surface area contributed by atoms with Crippen LogP contribution < -0.4 is 10.1 Å². The van der Waals surface area contributed by atoms with Gasteiger partial charge in [-0.1, -0.05) is 66.6 Å². The van der Waals surface area contributed by atoms with Crippen LogP contribution in [0.3, 0.4) is 0 Å². The van der Waals surface area contributed by atoms with Crippen molar-refractivity contribution in [2.75, 3.05) is 11.9 Å². The molecule has 1 saturated carbocycles. The number of aromatic nitrogens is 2. The maximum atomic E-state index is 12.5. The van der Waals surface area contributed by atoms with E-state index in [1.165, 1.54) is 24.2 Å². The van der Waals surface area contributed by atoms with E-state index in [1.54, 1.807) is 0 Å². The summed E-state index contributed by atoms with van der Waals surface area (Å²) < 4.78 is 13.4. The zero-order valence-corrected chi connectivity index (χ0v) is 20.4. The smallest absolute Gasteiger partial charge is 0.350 e. The molecule has 0 atom stereocenters. The molecule has 0 saturated heterocycles. The number of esters is 1. The van der Waals surface area contributed by atoms with Gasteiger partial charge in [0.2, 0.25) is 0 Å². The lowest BCUT2D eigenvalue weighted by molar-refractivity contribution is 0.0531. The van der Waals surface area contributed by atoms with Crippen LogP contribution in [0.15, 0.2) is 54.6 Å². The molecule has 2 aromatic carbocycles. The highest BCUT2D eigenvalue weighted by Crippen LogP contribution is 2.37. The fraction of sp³-hybridized carbons (Fsp3) is 0.333. The highest BCUT2D eigenvalue weighted by atomic mass is 32.1. The van der Waals surface area contributed by atoms with E-state index in [4.69, 9.17) is 14.5 Å². The van der Waals surface area contributed by atoms with E-state index in [9.17, 15) is 4.79 Å². The van der Waals surface area contributed by atoms with Crippen LogP contribution in [0, 0.1) is 6.92 Å². The summed E-state index contributed by atoms with van der Waals surface area (Å²) in [5.41, 5.74) is 3.84. The molecule has 7 heteroatoms. The summed E-state index contributed by atoms with van der Waals surface area (Å²) in [4.78, 5) is 18.8. The molecule has 6 nitrogen and oxygen atoms in total. The fourth-order valence-electron chi connectivity index (χ4n) is 4.50. The second-order valence-electron chi connectivity index (χ2n) is 8.59. The van der Waals surface area contributed by atoms with Gasteiger partial charge >= 0.3 is 5.97 Å².